The summed E-state index contributed by atoms with van der Waals surface area (Å²) < 4.78 is 0. The molecule has 0 bridgehead atoms. The van der Waals surface area contributed by atoms with Crippen molar-refractivity contribution in [1.82, 2.24) is 10.6 Å². The number of amides is 2. The van der Waals surface area contributed by atoms with Crippen molar-refractivity contribution in [3.05, 3.63) is 0 Å². The van der Waals surface area contributed by atoms with Gasteiger partial charge in [-0.05, 0) is 19.3 Å². The fraction of sp³-hybridized carbons (Fsp3) is 0.800. The van der Waals surface area contributed by atoms with Gasteiger partial charge in [-0.15, -0.1) is 0 Å². The SMILES string of the molecule is CCC1CC1NC(=O)NC(C)CC(=O)O. The summed E-state index contributed by atoms with van der Waals surface area (Å²) in [5.74, 6) is -0.300. The van der Waals surface area contributed by atoms with Crippen LogP contribution in [0.5, 0.6) is 0 Å². The summed E-state index contributed by atoms with van der Waals surface area (Å²) in [6, 6.07) is -0.307. The van der Waals surface area contributed by atoms with Crippen LogP contribution >= 0.6 is 0 Å². The summed E-state index contributed by atoms with van der Waals surface area (Å²) in [6.07, 6.45) is 2.07. The highest BCUT2D eigenvalue weighted by atomic mass is 16.4. The van der Waals surface area contributed by atoms with Gasteiger partial charge >= 0.3 is 12.0 Å². The van der Waals surface area contributed by atoms with Gasteiger partial charge in [0.2, 0.25) is 0 Å². The number of aliphatic carboxylic acids is 1. The molecule has 5 heteroatoms. The highest BCUT2D eigenvalue weighted by molar-refractivity contribution is 5.76. The lowest BCUT2D eigenvalue weighted by molar-refractivity contribution is -0.137. The minimum atomic E-state index is -0.902. The second kappa shape index (κ2) is 5.00. The molecule has 1 aliphatic rings. The fourth-order valence-electron chi connectivity index (χ4n) is 1.62. The molecule has 1 aliphatic carbocycles. The lowest BCUT2D eigenvalue weighted by Gasteiger charge is -2.12. The zero-order chi connectivity index (χ0) is 11.4. The molecule has 15 heavy (non-hydrogen) atoms. The van der Waals surface area contributed by atoms with E-state index in [0.29, 0.717) is 5.92 Å². The number of urea groups is 1. The molecular formula is C10H18N2O3. The van der Waals surface area contributed by atoms with Crippen LogP contribution in [0.2, 0.25) is 0 Å². The third kappa shape index (κ3) is 4.18. The Bertz CT molecular complexity index is 255. The standard InChI is InChI=1S/C10H18N2O3/c1-3-7-5-8(7)12-10(15)11-6(2)4-9(13)14/h6-8H,3-5H2,1-2H3,(H,13,14)(H2,11,12,15). The minimum Gasteiger partial charge on any atom is -0.481 e. The zero-order valence-corrected chi connectivity index (χ0v) is 9.12. The number of hydrogen-bond donors (Lipinski definition) is 3. The van der Waals surface area contributed by atoms with Gasteiger partial charge < -0.3 is 15.7 Å². The quantitative estimate of drug-likeness (QED) is 0.637. The minimum absolute atomic E-state index is 0.0463. The third-order valence-corrected chi connectivity index (χ3v) is 2.62. The van der Waals surface area contributed by atoms with Crippen LogP contribution < -0.4 is 10.6 Å². The Morgan fingerprint density at radius 1 is 1.53 bits per heavy atom. The van der Waals surface area contributed by atoms with Crippen LogP contribution in [-0.4, -0.2) is 29.2 Å². The molecule has 3 unspecified atom stereocenters. The number of carbonyl (C=O) groups is 2. The predicted molar refractivity (Wildman–Crippen MR) is 55.6 cm³/mol. The molecule has 0 aromatic heterocycles. The van der Waals surface area contributed by atoms with E-state index in [1.54, 1.807) is 6.92 Å². The van der Waals surface area contributed by atoms with Gasteiger partial charge in [-0.25, -0.2) is 4.79 Å². The topological polar surface area (TPSA) is 78.4 Å². The van der Waals surface area contributed by atoms with E-state index in [4.69, 9.17) is 5.11 Å². The number of carboxylic acid groups (broad SMARTS) is 1. The van der Waals surface area contributed by atoms with E-state index in [2.05, 4.69) is 17.6 Å². The van der Waals surface area contributed by atoms with Crippen molar-refractivity contribution in [1.29, 1.82) is 0 Å². The van der Waals surface area contributed by atoms with Crippen LogP contribution in [0.25, 0.3) is 0 Å². The molecule has 0 aromatic carbocycles. The Labute approximate surface area is 89.2 Å². The molecule has 1 saturated carbocycles. The number of nitrogens with one attached hydrogen (secondary N) is 2. The van der Waals surface area contributed by atoms with Crippen LogP contribution in [0, 0.1) is 5.92 Å². The maximum Gasteiger partial charge on any atom is 0.315 e. The van der Waals surface area contributed by atoms with Gasteiger partial charge in [-0.2, -0.15) is 0 Å². The van der Waals surface area contributed by atoms with Gasteiger partial charge in [-0.3, -0.25) is 4.79 Å². The molecule has 2 amide bonds. The fourth-order valence-corrected chi connectivity index (χ4v) is 1.62. The highest BCUT2D eigenvalue weighted by Gasteiger charge is 2.36. The molecule has 1 rings (SSSR count). The smallest absolute Gasteiger partial charge is 0.315 e. The molecule has 3 N–H and O–H groups in total. The molecule has 0 heterocycles. The molecule has 0 aliphatic heterocycles. The maximum atomic E-state index is 11.3. The van der Waals surface area contributed by atoms with Crippen LogP contribution in [0.15, 0.2) is 0 Å². The largest absolute Gasteiger partial charge is 0.481 e. The van der Waals surface area contributed by atoms with E-state index in [1.165, 1.54) is 0 Å². The number of rotatable bonds is 5. The van der Waals surface area contributed by atoms with Crippen LogP contribution in [0.1, 0.15) is 33.1 Å². The molecule has 5 nitrogen and oxygen atoms in total. The van der Waals surface area contributed by atoms with E-state index in [-0.39, 0.29) is 24.5 Å². The Kier molecular flexibility index (Phi) is 3.94. The Balaban J connectivity index is 2.16. The van der Waals surface area contributed by atoms with E-state index in [1.807, 2.05) is 0 Å². The Morgan fingerprint density at radius 3 is 2.67 bits per heavy atom. The van der Waals surface area contributed by atoms with Crippen molar-refractivity contribution in [2.75, 3.05) is 0 Å². The van der Waals surface area contributed by atoms with Crippen molar-refractivity contribution < 1.29 is 14.7 Å². The second-order valence-electron chi connectivity index (χ2n) is 4.13. The second-order valence-corrected chi connectivity index (χ2v) is 4.13. The summed E-state index contributed by atoms with van der Waals surface area (Å²) in [6.45, 7) is 3.77. The zero-order valence-electron chi connectivity index (χ0n) is 9.12. The van der Waals surface area contributed by atoms with Crippen molar-refractivity contribution in [3.63, 3.8) is 0 Å². The first-order valence-electron chi connectivity index (χ1n) is 5.31. The van der Waals surface area contributed by atoms with Crippen LogP contribution in [-0.2, 0) is 4.79 Å². The average molecular weight is 214 g/mol. The molecule has 86 valence electrons. The molecule has 0 aromatic rings. The van der Waals surface area contributed by atoms with E-state index in [0.717, 1.165) is 12.8 Å². The summed E-state index contributed by atoms with van der Waals surface area (Å²) in [4.78, 5) is 21.7. The summed E-state index contributed by atoms with van der Waals surface area (Å²) >= 11 is 0. The summed E-state index contributed by atoms with van der Waals surface area (Å²) in [5.41, 5.74) is 0. The normalized spacial score (nSPS) is 25.5. The molecular weight excluding hydrogens is 196 g/mol. The van der Waals surface area contributed by atoms with Crippen LogP contribution in [0.3, 0.4) is 0 Å². The Hall–Kier alpha value is -1.26. The number of carboxylic acids is 1. The van der Waals surface area contributed by atoms with Gasteiger partial charge in [0.15, 0.2) is 0 Å². The molecule has 0 spiro atoms. The maximum absolute atomic E-state index is 11.3. The lowest BCUT2D eigenvalue weighted by Crippen LogP contribution is -2.42. The van der Waals surface area contributed by atoms with Crippen molar-refractivity contribution in [2.45, 2.75) is 45.2 Å². The average Bonchev–Trinajstić information content (AvgIpc) is 2.80. The van der Waals surface area contributed by atoms with Crippen molar-refractivity contribution >= 4 is 12.0 Å². The summed E-state index contributed by atoms with van der Waals surface area (Å²) in [5, 5.41) is 13.9. The first-order valence-corrected chi connectivity index (χ1v) is 5.31. The molecule has 0 radical (unpaired) electrons. The van der Waals surface area contributed by atoms with E-state index >= 15 is 0 Å². The van der Waals surface area contributed by atoms with E-state index in [9.17, 15) is 9.59 Å². The first-order chi connectivity index (χ1) is 7.02. The Morgan fingerprint density at radius 2 is 2.20 bits per heavy atom. The van der Waals surface area contributed by atoms with Gasteiger partial charge in [-0.1, -0.05) is 13.3 Å². The molecule has 3 atom stereocenters. The van der Waals surface area contributed by atoms with Crippen molar-refractivity contribution in [2.24, 2.45) is 5.92 Å². The van der Waals surface area contributed by atoms with Crippen molar-refractivity contribution in [3.8, 4) is 0 Å². The first kappa shape index (κ1) is 11.8. The number of hydrogen-bond acceptors (Lipinski definition) is 2. The highest BCUT2D eigenvalue weighted by Crippen LogP contribution is 2.32. The summed E-state index contributed by atoms with van der Waals surface area (Å²) in [7, 11) is 0. The van der Waals surface area contributed by atoms with Gasteiger partial charge in [0.1, 0.15) is 0 Å². The monoisotopic (exact) mass is 214 g/mol. The third-order valence-electron chi connectivity index (χ3n) is 2.62. The van der Waals surface area contributed by atoms with Gasteiger partial charge in [0, 0.05) is 12.1 Å². The van der Waals surface area contributed by atoms with Crippen LogP contribution in [0.4, 0.5) is 4.79 Å². The van der Waals surface area contributed by atoms with Gasteiger partial charge in [0.05, 0.1) is 6.42 Å². The molecule has 0 saturated heterocycles. The number of carbonyl (C=O) groups excluding carboxylic acids is 1. The molecule has 1 fully saturated rings. The van der Waals surface area contributed by atoms with E-state index < -0.39 is 5.97 Å². The lowest BCUT2D eigenvalue weighted by atomic mass is 10.2. The predicted octanol–water partition coefficient (Wildman–Crippen LogP) is 0.947. The van der Waals surface area contributed by atoms with Gasteiger partial charge in [0.25, 0.3) is 0 Å².